The van der Waals surface area contributed by atoms with Crippen LogP contribution in [0.1, 0.15) is 24.8 Å². The molecule has 0 aliphatic carbocycles. The summed E-state index contributed by atoms with van der Waals surface area (Å²) in [7, 11) is 2.00. The van der Waals surface area contributed by atoms with Crippen molar-refractivity contribution in [2.45, 2.75) is 31.4 Å². The minimum absolute atomic E-state index is 0.208. The van der Waals surface area contributed by atoms with Gasteiger partial charge in [-0.15, -0.1) is 0 Å². The normalized spacial score (nSPS) is 24.4. The molecule has 0 spiro atoms. The lowest BCUT2D eigenvalue weighted by molar-refractivity contribution is -0.00220. The monoisotopic (exact) mass is 266 g/mol. The number of likely N-dealkylation sites (N-methyl/N-ethyl adjacent to an activating group) is 1. The summed E-state index contributed by atoms with van der Waals surface area (Å²) in [6.07, 6.45) is 2.65. The molecule has 19 heavy (non-hydrogen) atoms. The van der Waals surface area contributed by atoms with Gasteiger partial charge in [-0.3, -0.25) is 4.90 Å². The van der Waals surface area contributed by atoms with Gasteiger partial charge < -0.3 is 10.4 Å². The van der Waals surface area contributed by atoms with Gasteiger partial charge in [0, 0.05) is 13.1 Å². The first-order valence-electron chi connectivity index (χ1n) is 6.93. The van der Waals surface area contributed by atoms with Crippen LogP contribution in [0.15, 0.2) is 24.3 Å². The van der Waals surface area contributed by atoms with E-state index in [4.69, 9.17) is 0 Å². The highest BCUT2D eigenvalue weighted by molar-refractivity contribution is 5.15. The Morgan fingerprint density at radius 1 is 1.26 bits per heavy atom. The van der Waals surface area contributed by atoms with E-state index in [1.165, 1.54) is 12.1 Å². The molecule has 1 aliphatic rings. The van der Waals surface area contributed by atoms with E-state index in [0.29, 0.717) is 6.54 Å². The second kappa shape index (κ2) is 6.46. The number of rotatable bonds is 4. The summed E-state index contributed by atoms with van der Waals surface area (Å²) in [5.74, 6) is -0.208. The molecule has 0 aromatic heterocycles. The Bertz CT molecular complexity index is 386. The van der Waals surface area contributed by atoms with Crippen molar-refractivity contribution in [3.63, 3.8) is 0 Å². The molecule has 4 heteroatoms. The maximum atomic E-state index is 12.8. The third kappa shape index (κ3) is 4.56. The topological polar surface area (TPSA) is 35.5 Å². The third-order valence-corrected chi connectivity index (χ3v) is 3.69. The van der Waals surface area contributed by atoms with Gasteiger partial charge in [0.15, 0.2) is 0 Å². The van der Waals surface area contributed by atoms with Gasteiger partial charge in [0.1, 0.15) is 5.82 Å². The van der Waals surface area contributed by atoms with Crippen molar-refractivity contribution in [1.82, 2.24) is 10.2 Å². The summed E-state index contributed by atoms with van der Waals surface area (Å²) in [6, 6.07) is 6.55. The van der Waals surface area contributed by atoms with Crippen LogP contribution in [-0.4, -0.2) is 42.3 Å². The molecule has 1 fully saturated rings. The van der Waals surface area contributed by atoms with E-state index < -0.39 is 5.60 Å². The molecular formula is C15H23FN2O. The average Bonchev–Trinajstić information content (AvgIpc) is 2.57. The Morgan fingerprint density at radius 2 is 2.00 bits per heavy atom. The second-order valence-electron chi connectivity index (χ2n) is 5.63. The highest BCUT2D eigenvalue weighted by Crippen LogP contribution is 2.21. The second-order valence-corrected chi connectivity index (χ2v) is 5.63. The van der Waals surface area contributed by atoms with E-state index in [1.54, 1.807) is 12.1 Å². The largest absolute Gasteiger partial charge is 0.389 e. The zero-order chi connectivity index (χ0) is 13.7. The number of benzene rings is 1. The minimum Gasteiger partial charge on any atom is -0.389 e. The van der Waals surface area contributed by atoms with E-state index in [0.717, 1.165) is 44.5 Å². The Kier molecular flexibility index (Phi) is 4.91. The summed E-state index contributed by atoms with van der Waals surface area (Å²) in [6.45, 7) is 3.26. The van der Waals surface area contributed by atoms with Crippen LogP contribution >= 0.6 is 0 Å². The van der Waals surface area contributed by atoms with Gasteiger partial charge in [-0.05, 0) is 57.1 Å². The van der Waals surface area contributed by atoms with E-state index in [-0.39, 0.29) is 5.82 Å². The first kappa shape index (κ1) is 14.4. The van der Waals surface area contributed by atoms with Crippen LogP contribution in [0.25, 0.3) is 0 Å². The quantitative estimate of drug-likeness (QED) is 0.872. The molecule has 0 saturated carbocycles. The molecule has 3 nitrogen and oxygen atoms in total. The first-order valence-corrected chi connectivity index (χ1v) is 6.93. The van der Waals surface area contributed by atoms with Crippen LogP contribution < -0.4 is 5.32 Å². The molecular weight excluding hydrogens is 243 g/mol. The van der Waals surface area contributed by atoms with Gasteiger partial charge in [-0.1, -0.05) is 12.1 Å². The fourth-order valence-electron chi connectivity index (χ4n) is 2.73. The fraction of sp³-hybridized carbons (Fsp3) is 0.600. The third-order valence-electron chi connectivity index (χ3n) is 3.69. The van der Waals surface area contributed by atoms with Crippen LogP contribution in [0.5, 0.6) is 0 Å². The molecule has 0 radical (unpaired) electrons. The Balaban J connectivity index is 1.89. The summed E-state index contributed by atoms with van der Waals surface area (Å²) in [5, 5.41) is 13.9. The maximum absolute atomic E-state index is 12.8. The van der Waals surface area contributed by atoms with Crippen molar-refractivity contribution in [1.29, 1.82) is 0 Å². The molecule has 1 aromatic rings. The Morgan fingerprint density at radius 3 is 2.74 bits per heavy atom. The van der Waals surface area contributed by atoms with Gasteiger partial charge in [0.05, 0.1) is 5.60 Å². The lowest BCUT2D eigenvalue weighted by atomic mass is 9.94. The van der Waals surface area contributed by atoms with Crippen molar-refractivity contribution in [3.05, 3.63) is 35.6 Å². The van der Waals surface area contributed by atoms with Gasteiger partial charge in [-0.25, -0.2) is 4.39 Å². The zero-order valence-corrected chi connectivity index (χ0v) is 11.5. The molecule has 106 valence electrons. The molecule has 1 saturated heterocycles. The molecule has 1 atom stereocenters. The van der Waals surface area contributed by atoms with Gasteiger partial charge in [0.2, 0.25) is 0 Å². The summed E-state index contributed by atoms with van der Waals surface area (Å²) >= 11 is 0. The van der Waals surface area contributed by atoms with E-state index in [9.17, 15) is 9.50 Å². The summed E-state index contributed by atoms with van der Waals surface area (Å²) in [5.41, 5.74) is 0.470. The number of nitrogens with zero attached hydrogens (tertiary/aromatic N) is 1. The van der Waals surface area contributed by atoms with Gasteiger partial charge in [0.25, 0.3) is 0 Å². The molecule has 1 aromatic carbocycles. The number of halogens is 1. The minimum atomic E-state index is -0.599. The number of aliphatic hydroxyl groups is 1. The zero-order valence-electron chi connectivity index (χ0n) is 11.5. The number of hydrogen-bond acceptors (Lipinski definition) is 3. The van der Waals surface area contributed by atoms with Crippen molar-refractivity contribution in [2.75, 3.05) is 26.7 Å². The van der Waals surface area contributed by atoms with Crippen molar-refractivity contribution in [3.8, 4) is 0 Å². The molecule has 1 unspecified atom stereocenters. The molecule has 2 rings (SSSR count). The van der Waals surface area contributed by atoms with Crippen LogP contribution in [0.4, 0.5) is 4.39 Å². The van der Waals surface area contributed by atoms with Crippen molar-refractivity contribution < 1.29 is 9.50 Å². The molecule has 2 N–H and O–H groups in total. The predicted octanol–water partition coefficient (Wildman–Crippen LogP) is 1.76. The molecule has 1 aliphatic heterocycles. The highest BCUT2D eigenvalue weighted by Gasteiger charge is 2.29. The van der Waals surface area contributed by atoms with Crippen LogP contribution in [0.3, 0.4) is 0 Å². The Labute approximate surface area is 114 Å². The van der Waals surface area contributed by atoms with E-state index in [1.807, 2.05) is 7.05 Å². The maximum Gasteiger partial charge on any atom is 0.123 e. The molecule has 0 amide bonds. The standard InChI is InChI=1S/C15H23FN2O/c1-18(11-13-3-5-14(16)6-4-13)12-15(19)7-2-9-17-10-8-15/h3-6,17,19H,2,7-12H2,1H3. The molecule has 0 bridgehead atoms. The first-order chi connectivity index (χ1) is 9.07. The number of nitrogens with one attached hydrogen (secondary N) is 1. The number of hydrogen-bond donors (Lipinski definition) is 2. The smallest absolute Gasteiger partial charge is 0.123 e. The summed E-state index contributed by atoms with van der Waals surface area (Å²) in [4.78, 5) is 2.11. The lowest BCUT2D eigenvalue weighted by Crippen LogP contribution is -2.41. The van der Waals surface area contributed by atoms with Gasteiger partial charge in [-0.2, -0.15) is 0 Å². The molecule has 1 heterocycles. The van der Waals surface area contributed by atoms with Crippen LogP contribution in [0, 0.1) is 5.82 Å². The Hall–Kier alpha value is -0.970. The van der Waals surface area contributed by atoms with Crippen molar-refractivity contribution in [2.24, 2.45) is 0 Å². The van der Waals surface area contributed by atoms with Crippen LogP contribution in [-0.2, 0) is 6.54 Å². The summed E-state index contributed by atoms with van der Waals surface area (Å²) < 4.78 is 12.8. The van der Waals surface area contributed by atoms with Crippen LogP contribution in [0.2, 0.25) is 0 Å². The van der Waals surface area contributed by atoms with E-state index in [2.05, 4.69) is 10.2 Å². The van der Waals surface area contributed by atoms with E-state index >= 15 is 0 Å². The van der Waals surface area contributed by atoms with Crippen molar-refractivity contribution >= 4 is 0 Å². The lowest BCUT2D eigenvalue weighted by Gasteiger charge is -2.31. The van der Waals surface area contributed by atoms with Gasteiger partial charge >= 0.3 is 0 Å². The predicted molar refractivity (Wildman–Crippen MR) is 74.4 cm³/mol. The average molecular weight is 266 g/mol. The highest BCUT2D eigenvalue weighted by atomic mass is 19.1. The fourth-order valence-corrected chi connectivity index (χ4v) is 2.73. The SMILES string of the molecule is CN(Cc1ccc(F)cc1)CC1(O)CCCNCC1.